The van der Waals surface area contributed by atoms with Crippen LogP contribution in [-0.2, 0) is 4.79 Å². The lowest BCUT2D eigenvalue weighted by molar-refractivity contribution is -0.914. The van der Waals surface area contributed by atoms with Gasteiger partial charge in [0, 0.05) is 19.0 Å². The van der Waals surface area contributed by atoms with E-state index in [1.54, 1.807) is 0 Å². The fourth-order valence-corrected chi connectivity index (χ4v) is 5.21. The maximum atomic E-state index is 11.0. The second kappa shape index (κ2) is 14.3. The van der Waals surface area contributed by atoms with Crippen molar-refractivity contribution in [2.24, 2.45) is 4.99 Å². The number of aliphatic hydroxyl groups is 2. The predicted molar refractivity (Wildman–Crippen MR) is 127 cm³/mol. The number of carboxylic acids is 1. The number of carbonyl (C=O) groups is 1. The smallest absolute Gasteiger partial charge is 0.306 e. The fraction of sp³-hybridized carbons (Fsp3) is 0.917. The molecule has 32 heavy (non-hydrogen) atoms. The number of hydrogen-bond acceptors (Lipinski definition) is 6. The molecule has 2 heterocycles. The van der Waals surface area contributed by atoms with Crippen LogP contribution < -0.4 is 15.5 Å². The minimum atomic E-state index is -1.14. The Morgan fingerprint density at radius 2 is 1.91 bits per heavy atom. The van der Waals surface area contributed by atoms with Crippen molar-refractivity contribution < 1.29 is 25.0 Å². The molecule has 0 aromatic rings. The number of aliphatic carboxylic acids is 1. The van der Waals surface area contributed by atoms with E-state index in [9.17, 15) is 15.0 Å². The normalized spacial score (nSPS) is 29.8. The first kappa shape index (κ1) is 27.2. The largest absolute Gasteiger partial charge is 0.481 e. The third kappa shape index (κ3) is 9.43. The lowest BCUT2D eigenvalue weighted by Crippen LogP contribution is -3.16. The molecule has 1 saturated heterocycles. The van der Waals surface area contributed by atoms with E-state index in [2.05, 4.69) is 22.5 Å². The molecule has 0 aliphatic carbocycles. The quantitative estimate of drug-likeness (QED) is 0.191. The standard InChI is InChI=1S/C24H46N4O4/c1-3-25-17-24(32,16-23(30)31)12-10-8-6-4-5-7-9-11-20-21(28-14-13-26-18-28)15-22(29)19(2)27-20/h13,19-22,25,27,29,32H,3-12,14-18H2,1-2H3,(H,30,31)/p+1. The monoisotopic (exact) mass is 455 g/mol. The Labute approximate surface area is 193 Å². The fourth-order valence-electron chi connectivity index (χ4n) is 5.21. The SMILES string of the molecule is CCNCC(O)(CCCCCCCCCC1NC(C)C(O)CC1[NH+]1CC=NC1)CC(=O)O. The van der Waals surface area contributed by atoms with Gasteiger partial charge in [0.1, 0.15) is 12.6 Å². The van der Waals surface area contributed by atoms with E-state index in [0.29, 0.717) is 25.0 Å². The molecule has 8 nitrogen and oxygen atoms in total. The molecule has 186 valence electrons. The third-order valence-electron chi connectivity index (χ3n) is 7.18. The van der Waals surface area contributed by atoms with E-state index in [0.717, 1.165) is 51.9 Å². The van der Waals surface area contributed by atoms with E-state index in [1.165, 1.54) is 30.6 Å². The van der Waals surface area contributed by atoms with Gasteiger partial charge in [-0.3, -0.25) is 4.79 Å². The zero-order valence-corrected chi connectivity index (χ0v) is 20.2. The Bertz CT molecular complexity index is 568. The highest BCUT2D eigenvalue weighted by molar-refractivity contribution is 5.68. The van der Waals surface area contributed by atoms with Gasteiger partial charge in [-0.15, -0.1) is 0 Å². The van der Waals surface area contributed by atoms with Gasteiger partial charge in [0.2, 0.25) is 0 Å². The van der Waals surface area contributed by atoms with E-state index in [4.69, 9.17) is 5.11 Å². The van der Waals surface area contributed by atoms with E-state index >= 15 is 0 Å². The number of aliphatic hydroxyl groups excluding tert-OH is 1. The molecule has 6 atom stereocenters. The summed E-state index contributed by atoms with van der Waals surface area (Å²) in [6.45, 7) is 6.91. The summed E-state index contributed by atoms with van der Waals surface area (Å²) in [5, 5.41) is 36.7. The molecular weight excluding hydrogens is 408 g/mol. The van der Waals surface area contributed by atoms with Crippen LogP contribution in [0.4, 0.5) is 0 Å². The van der Waals surface area contributed by atoms with Gasteiger partial charge >= 0.3 is 5.97 Å². The van der Waals surface area contributed by atoms with Crippen LogP contribution in [0.15, 0.2) is 4.99 Å². The van der Waals surface area contributed by atoms with Crippen molar-refractivity contribution in [2.75, 3.05) is 26.3 Å². The molecular formula is C24H47N4O4+. The maximum absolute atomic E-state index is 11.0. The second-order valence-electron chi connectivity index (χ2n) is 9.95. The average Bonchev–Trinajstić information content (AvgIpc) is 3.27. The van der Waals surface area contributed by atoms with Gasteiger partial charge in [-0.1, -0.05) is 51.9 Å². The Balaban J connectivity index is 1.57. The Kier molecular flexibility index (Phi) is 12.1. The topological polar surface area (TPSA) is 119 Å². The first-order chi connectivity index (χ1) is 15.3. The van der Waals surface area contributed by atoms with Crippen molar-refractivity contribution >= 4 is 12.2 Å². The summed E-state index contributed by atoms with van der Waals surface area (Å²) < 4.78 is 0. The maximum Gasteiger partial charge on any atom is 0.306 e. The highest BCUT2D eigenvalue weighted by atomic mass is 16.4. The Morgan fingerprint density at radius 3 is 2.53 bits per heavy atom. The van der Waals surface area contributed by atoms with E-state index in [-0.39, 0.29) is 18.6 Å². The van der Waals surface area contributed by atoms with Gasteiger partial charge in [0.25, 0.3) is 0 Å². The van der Waals surface area contributed by atoms with Crippen LogP contribution in [0.2, 0.25) is 0 Å². The number of nitrogens with one attached hydrogen (secondary N) is 3. The van der Waals surface area contributed by atoms with Gasteiger partial charge in [0.05, 0.1) is 30.4 Å². The Morgan fingerprint density at radius 1 is 1.22 bits per heavy atom. The van der Waals surface area contributed by atoms with Crippen molar-refractivity contribution in [2.45, 2.75) is 114 Å². The van der Waals surface area contributed by atoms with E-state index < -0.39 is 11.6 Å². The number of carboxylic acid groups (broad SMARTS) is 1. The van der Waals surface area contributed by atoms with Gasteiger partial charge in [-0.2, -0.15) is 0 Å². The molecule has 0 spiro atoms. The number of quaternary nitrogens is 1. The molecule has 0 aromatic heterocycles. The van der Waals surface area contributed by atoms with Gasteiger partial charge < -0.3 is 30.9 Å². The highest BCUT2D eigenvalue weighted by Crippen LogP contribution is 2.21. The number of piperidine rings is 1. The molecule has 6 N–H and O–H groups in total. The van der Waals surface area contributed by atoms with Crippen molar-refractivity contribution in [3.05, 3.63) is 0 Å². The van der Waals surface area contributed by atoms with Crippen molar-refractivity contribution in [3.63, 3.8) is 0 Å². The minimum absolute atomic E-state index is 0.159. The summed E-state index contributed by atoms with van der Waals surface area (Å²) in [6, 6.07) is 1.05. The number of unbranched alkanes of at least 4 members (excludes halogenated alkanes) is 6. The third-order valence-corrected chi connectivity index (χ3v) is 7.18. The molecule has 0 amide bonds. The summed E-state index contributed by atoms with van der Waals surface area (Å²) in [7, 11) is 0. The van der Waals surface area contributed by atoms with Gasteiger partial charge in [-0.05, 0) is 26.3 Å². The molecule has 2 aliphatic rings. The van der Waals surface area contributed by atoms with Crippen molar-refractivity contribution in [1.29, 1.82) is 0 Å². The summed E-state index contributed by atoms with van der Waals surface area (Å²) in [4.78, 5) is 16.9. The molecule has 2 rings (SSSR count). The lowest BCUT2D eigenvalue weighted by atomic mass is 9.87. The second-order valence-corrected chi connectivity index (χ2v) is 9.95. The Hall–Kier alpha value is -1.06. The minimum Gasteiger partial charge on any atom is -0.481 e. The molecule has 8 heteroatoms. The summed E-state index contributed by atoms with van der Waals surface area (Å²) >= 11 is 0. The number of rotatable bonds is 16. The zero-order chi connectivity index (χ0) is 23.4. The molecule has 0 saturated carbocycles. The first-order valence-corrected chi connectivity index (χ1v) is 12.8. The van der Waals surface area contributed by atoms with Crippen LogP contribution in [0.3, 0.4) is 0 Å². The molecule has 2 aliphatic heterocycles. The lowest BCUT2D eigenvalue weighted by Gasteiger charge is -2.41. The van der Waals surface area contributed by atoms with Crippen LogP contribution in [0.25, 0.3) is 0 Å². The number of hydrogen-bond donors (Lipinski definition) is 6. The van der Waals surface area contributed by atoms with Crippen molar-refractivity contribution in [1.82, 2.24) is 10.6 Å². The van der Waals surface area contributed by atoms with E-state index in [1.807, 2.05) is 13.1 Å². The molecule has 0 radical (unpaired) electrons. The molecule has 6 unspecified atom stereocenters. The van der Waals surface area contributed by atoms with Crippen LogP contribution in [0.5, 0.6) is 0 Å². The molecule has 0 bridgehead atoms. The summed E-state index contributed by atoms with van der Waals surface area (Å²) in [5.74, 6) is -0.942. The number of likely N-dealkylation sites (N-methyl/N-ethyl adjacent to an activating group) is 1. The summed E-state index contributed by atoms with van der Waals surface area (Å²) in [6.07, 6.45) is 11.9. The number of aliphatic imine (C=N–C) groups is 1. The number of nitrogens with zero attached hydrogens (tertiary/aromatic N) is 1. The van der Waals surface area contributed by atoms with Crippen LogP contribution in [0, 0.1) is 0 Å². The average molecular weight is 456 g/mol. The zero-order valence-electron chi connectivity index (χ0n) is 20.2. The van der Waals surface area contributed by atoms with Crippen molar-refractivity contribution in [3.8, 4) is 0 Å². The summed E-state index contributed by atoms with van der Waals surface area (Å²) in [5.41, 5.74) is -1.14. The predicted octanol–water partition coefficient (Wildman–Crippen LogP) is 0.719. The molecule has 1 fully saturated rings. The van der Waals surface area contributed by atoms with Gasteiger partial charge in [0.15, 0.2) is 6.67 Å². The molecule has 0 aromatic carbocycles. The first-order valence-electron chi connectivity index (χ1n) is 12.8. The van der Waals surface area contributed by atoms with Crippen LogP contribution in [-0.4, -0.2) is 83.6 Å². The van der Waals surface area contributed by atoms with Gasteiger partial charge in [-0.25, -0.2) is 4.99 Å². The van der Waals surface area contributed by atoms with Crippen LogP contribution in [0.1, 0.15) is 84.5 Å². The van der Waals surface area contributed by atoms with Crippen LogP contribution >= 0.6 is 0 Å². The highest BCUT2D eigenvalue weighted by Gasteiger charge is 2.39.